The van der Waals surface area contributed by atoms with Crippen LogP contribution in [0, 0.1) is 0 Å². The zero-order chi connectivity index (χ0) is 24.9. The van der Waals surface area contributed by atoms with Crippen LogP contribution in [0.15, 0.2) is 30.3 Å². The summed E-state index contributed by atoms with van der Waals surface area (Å²) in [5.41, 5.74) is -0.908. The van der Waals surface area contributed by atoms with Gasteiger partial charge >= 0.3 is 6.09 Å². The molecule has 1 N–H and O–H groups in total. The third-order valence-electron chi connectivity index (χ3n) is 6.07. The van der Waals surface area contributed by atoms with Crippen molar-refractivity contribution in [3.63, 3.8) is 0 Å². The second kappa shape index (κ2) is 10.9. The Kier molecular flexibility index (Phi) is 9.15. The van der Waals surface area contributed by atoms with Crippen molar-refractivity contribution in [3.05, 3.63) is 35.9 Å². The van der Waals surface area contributed by atoms with E-state index in [9.17, 15) is 9.90 Å². The van der Waals surface area contributed by atoms with Crippen LogP contribution in [0.5, 0.6) is 0 Å². The predicted octanol–water partition coefficient (Wildman–Crippen LogP) is 4.59. The summed E-state index contributed by atoms with van der Waals surface area (Å²) in [5, 5.41) is 11.4. The Morgan fingerprint density at radius 1 is 1.18 bits per heavy atom. The number of nitrogens with zero attached hydrogens (tertiary/aromatic N) is 1. The van der Waals surface area contributed by atoms with Gasteiger partial charge in [-0.25, -0.2) is 4.79 Å². The van der Waals surface area contributed by atoms with Gasteiger partial charge in [-0.05, 0) is 44.5 Å². The summed E-state index contributed by atoms with van der Waals surface area (Å²) in [6.07, 6.45) is -0.866. The molecule has 0 radical (unpaired) electrons. The average Bonchev–Trinajstić information content (AvgIpc) is 2.85. The van der Waals surface area contributed by atoms with Crippen LogP contribution in [0.4, 0.5) is 4.79 Å². The maximum atomic E-state index is 12.9. The van der Waals surface area contributed by atoms with Crippen LogP contribution >= 0.6 is 0 Å². The van der Waals surface area contributed by atoms with Gasteiger partial charge in [0.15, 0.2) is 8.32 Å². The van der Waals surface area contributed by atoms with Crippen LogP contribution in [-0.2, 0) is 25.2 Å². The topological polar surface area (TPSA) is 77.5 Å². The van der Waals surface area contributed by atoms with Crippen molar-refractivity contribution >= 4 is 14.4 Å². The highest BCUT2D eigenvalue weighted by Gasteiger charge is 2.43. The molecule has 0 aromatic heterocycles. The van der Waals surface area contributed by atoms with Crippen LogP contribution in [0.1, 0.15) is 47.1 Å². The first-order valence-corrected chi connectivity index (χ1v) is 14.6. The molecule has 1 aliphatic heterocycles. The van der Waals surface area contributed by atoms with E-state index in [2.05, 4.69) is 33.9 Å². The summed E-state index contributed by atoms with van der Waals surface area (Å²) in [5.74, 6) is 0. The minimum absolute atomic E-state index is 0.00755. The summed E-state index contributed by atoms with van der Waals surface area (Å²) in [4.78, 5) is 14.4. The zero-order valence-corrected chi connectivity index (χ0v) is 22.6. The number of hydrogen-bond acceptors (Lipinski definition) is 6. The van der Waals surface area contributed by atoms with E-state index < -0.39 is 25.6 Å². The molecule has 0 saturated carbocycles. The van der Waals surface area contributed by atoms with Crippen molar-refractivity contribution in [2.45, 2.75) is 83.6 Å². The molecule has 188 valence electrons. The number of benzene rings is 1. The van der Waals surface area contributed by atoms with Gasteiger partial charge in [-0.2, -0.15) is 0 Å². The number of β-amino-alcohol motifs (C(OH)–C–C–N with tert-alkyl or cyclic N) is 1. The Hall–Kier alpha value is -1.45. The monoisotopic (exact) mass is 481 g/mol. The summed E-state index contributed by atoms with van der Waals surface area (Å²) in [6.45, 7) is 17.5. The van der Waals surface area contributed by atoms with Gasteiger partial charge < -0.3 is 28.6 Å². The van der Waals surface area contributed by atoms with Crippen molar-refractivity contribution in [2.24, 2.45) is 0 Å². The minimum atomic E-state index is -2.09. The fourth-order valence-corrected chi connectivity index (χ4v) is 4.17. The molecule has 8 heteroatoms. The second-order valence-corrected chi connectivity index (χ2v) is 16.4. The zero-order valence-electron chi connectivity index (χ0n) is 21.6. The fourth-order valence-electron chi connectivity index (χ4n) is 3.10. The summed E-state index contributed by atoms with van der Waals surface area (Å²) in [7, 11) is -2.09. The van der Waals surface area contributed by atoms with E-state index in [0.29, 0.717) is 13.2 Å². The summed E-state index contributed by atoms with van der Waals surface area (Å²) in [6, 6.07) is 9.89. The van der Waals surface area contributed by atoms with Crippen LogP contribution in [0.25, 0.3) is 0 Å². The molecule has 0 aliphatic carbocycles. The molecule has 1 fully saturated rings. The normalized spacial score (nSPS) is 22.7. The van der Waals surface area contributed by atoms with Gasteiger partial charge in [0, 0.05) is 0 Å². The molecule has 2 atom stereocenters. The Morgan fingerprint density at radius 3 is 2.39 bits per heavy atom. The van der Waals surface area contributed by atoms with E-state index >= 15 is 0 Å². The highest BCUT2D eigenvalue weighted by molar-refractivity contribution is 6.74. The molecule has 33 heavy (non-hydrogen) atoms. The van der Waals surface area contributed by atoms with Crippen LogP contribution < -0.4 is 0 Å². The second-order valence-electron chi connectivity index (χ2n) is 11.6. The molecule has 0 bridgehead atoms. The van der Waals surface area contributed by atoms with E-state index in [1.807, 2.05) is 51.1 Å². The lowest BCUT2D eigenvalue weighted by molar-refractivity contribution is -0.0915. The van der Waals surface area contributed by atoms with E-state index in [-0.39, 0.29) is 37.4 Å². The number of rotatable bonds is 7. The van der Waals surface area contributed by atoms with Gasteiger partial charge in [-0.1, -0.05) is 51.1 Å². The molecule has 1 saturated heterocycles. The number of ether oxygens (including phenoxy) is 3. The molecule has 0 unspecified atom stereocenters. The van der Waals surface area contributed by atoms with Crippen molar-refractivity contribution < 1.29 is 28.5 Å². The first-order valence-electron chi connectivity index (χ1n) is 11.7. The van der Waals surface area contributed by atoms with Crippen LogP contribution in [0.3, 0.4) is 0 Å². The molecular weight excluding hydrogens is 438 g/mol. The number of aliphatic hydroxyl groups is 1. The molecular formula is C25H43NO6Si. The maximum Gasteiger partial charge on any atom is 0.410 e. The lowest BCUT2D eigenvalue weighted by atomic mass is 10.1. The quantitative estimate of drug-likeness (QED) is 0.574. The molecule has 1 aliphatic rings. The van der Waals surface area contributed by atoms with Gasteiger partial charge in [-0.3, -0.25) is 0 Å². The Labute approximate surface area is 200 Å². The highest BCUT2D eigenvalue weighted by atomic mass is 28.4. The van der Waals surface area contributed by atoms with Gasteiger partial charge in [0.25, 0.3) is 0 Å². The number of carbonyl (C=O) groups is 1. The van der Waals surface area contributed by atoms with Gasteiger partial charge in [0.1, 0.15) is 11.2 Å². The average molecular weight is 482 g/mol. The number of carbonyl (C=O) groups excluding carboxylic acids is 1. The van der Waals surface area contributed by atoms with Crippen LogP contribution in [-0.4, -0.2) is 74.6 Å². The molecule has 1 heterocycles. The first kappa shape index (κ1) is 27.8. The summed E-state index contributed by atoms with van der Waals surface area (Å²) >= 11 is 0. The maximum absolute atomic E-state index is 12.9. The molecule has 1 aromatic carbocycles. The standard InChI is InChI=1S/C25H43NO6Si/c1-23(2,3)32-22(27)26-14-21(16-29-15-20-12-10-9-11-13-20)30-18-25(28,17-26)19-31-33(7,8)24(4,5)6/h9-13,21,28H,14-19H2,1-8H3/t21-,25+/m0/s1. The largest absolute Gasteiger partial charge is 0.444 e. The lowest BCUT2D eigenvalue weighted by Crippen LogP contribution is -2.53. The van der Waals surface area contributed by atoms with E-state index in [0.717, 1.165) is 5.56 Å². The Bertz CT molecular complexity index is 758. The van der Waals surface area contributed by atoms with Gasteiger partial charge in [0.05, 0.1) is 45.6 Å². The smallest absolute Gasteiger partial charge is 0.410 e. The Morgan fingerprint density at radius 2 is 1.82 bits per heavy atom. The van der Waals surface area contributed by atoms with Gasteiger partial charge in [0.2, 0.25) is 0 Å². The third kappa shape index (κ3) is 9.02. The third-order valence-corrected chi connectivity index (χ3v) is 10.6. The van der Waals surface area contributed by atoms with Crippen molar-refractivity contribution in [3.8, 4) is 0 Å². The fraction of sp³-hybridized carbons (Fsp3) is 0.720. The van der Waals surface area contributed by atoms with Crippen molar-refractivity contribution in [2.75, 3.05) is 32.9 Å². The van der Waals surface area contributed by atoms with E-state index in [1.54, 1.807) is 0 Å². The molecule has 1 aromatic rings. The van der Waals surface area contributed by atoms with E-state index in [1.165, 1.54) is 4.90 Å². The predicted molar refractivity (Wildman–Crippen MR) is 132 cm³/mol. The molecule has 0 spiro atoms. The van der Waals surface area contributed by atoms with E-state index in [4.69, 9.17) is 18.6 Å². The van der Waals surface area contributed by atoms with Gasteiger partial charge in [-0.15, -0.1) is 0 Å². The summed E-state index contributed by atoms with van der Waals surface area (Å²) < 4.78 is 23.8. The SMILES string of the molecule is CC(C)(C)OC(=O)N1C[C@@H](COCc2ccccc2)OC[C@@](O)(CO[Si](C)(C)C(C)(C)C)C1. The highest BCUT2D eigenvalue weighted by Crippen LogP contribution is 2.37. The number of amides is 1. The van der Waals surface area contributed by atoms with Crippen molar-refractivity contribution in [1.82, 2.24) is 4.90 Å². The lowest BCUT2D eigenvalue weighted by Gasteiger charge is -2.39. The minimum Gasteiger partial charge on any atom is -0.444 e. The molecule has 2 rings (SSSR count). The first-order chi connectivity index (χ1) is 15.1. The Balaban J connectivity index is 2.09. The molecule has 7 nitrogen and oxygen atoms in total. The van der Waals surface area contributed by atoms with Crippen LogP contribution in [0.2, 0.25) is 18.1 Å². The molecule has 1 amide bonds. The number of hydrogen-bond donors (Lipinski definition) is 1. The van der Waals surface area contributed by atoms with Crippen molar-refractivity contribution in [1.29, 1.82) is 0 Å².